The van der Waals surface area contributed by atoms with E-state index in [2.05, 4.69) is 13.8 Å². The molecule has 0 saturated heterocycles. The summed E-state index contributed by atoms with van der Waals surface area (Å²) in [7, 11) is 0. The number of unbranched alkanes of at least 4 members (excludes halogenated alkanes) is 6. The Morgan fingerprint density at radius 2 is 1.67 bits per heavy atom. The highest BCUT2D eigenvalue weighted by Gasteiger charge is 2.11. The number of rotatable bonds is 10. The molecule has 1 atom stereocenters. The fourth-order valence-electron chi connectivity index (χ4n) is 2.20. The molecule has 1 heterocycles. The molecule has 0 spiro atoms. The third-order valence-corrected chi connectivity index (χ3v) is 3.44. The van der Waals surface area contributed by atoms with Crippen molar-refractivity contribution < 1.29 is 9.52 Å². The molecule has 0 saturated carbocycles. The smallest absolute Gasteiger partial charge is 0.132 e. The summed E-state index contributed by atoms with van der Waals surface area (Å²) in [4.78, 5) is 0. The summed E-state index contributed by atoms with van der Waals surface area (Å²) >= 11 is 0. The zero-order valence-corrected chi connectivity index (χ0v) is 12.0. The second-order valence-electron chi connectivity index (χ2n) is 5.08. The van der Waals surface area contributed by atoms with Crippen molar-refractivity contribution in [1.82, 2.24) is 0 Å². The molecule has 1 unspecified atom stereocenters. The van der Waals surface area contributed by atoms with Crippen LogP contribution in [0.2, 0.25) is 0 Å². The van der Waals surface area contributed by atoms with E-state index in [1.807, 2.05) is 12.1 Å². The molecule has 0 aliphatic carbocycles. The summed E-state index contributed by atoms with van der Waals surface area (Å²) < 4.78 is 5.55. The zero-order valence-electron chi connectivity index (χ0n) is 12.0. The van der Waals surface area contributed by atoms with E-state index in [4.69, 9.17) is 4.42 Å². The number of furan rings is 1. The van der Waals surface area contributed by atoms with Gasteiger partial charge in [-0.15, -0.1) is 0 Å². The van der Waals surface area contributed by atoms with Gasteiger partial charge in [0, 0.05) is 6.42 Å². The van der Waals surface area contributed by atoms with Gasteiger partial charge in [-0.3, -0.25) is 0 Å². The van der Waals surface area contributed by atoms with Crippen molar-refractivity contribution in [2.24, 2.45) is 0 Å². The average molecular weight is 252 g/mol. The van der Waals surface area contributed by atoms with Crippen molar-refractivity contribution in [1.29, 1.82) is 0 Å². The topological polar surface area (TPSA) is 33.4 Å². The second kappa shape index (κ2) is 9.21. The number of aryl methyl sites for hydroxylation is 1. The molecule has 0 aromatic carbocycles. The minimum absolute atomic E-state index is 0.416. The van der Waals surface area contributed by atoms with Crippen LogP contribution >= 0.6 is 0 Å². The lowest BCUT2D eigenvalue weighted by atomic mass is 10.1. The predicted octanol–water partition coefficient (Wildman–Crippen LogP) is 5.02. The second-order valence-corrected chi connectivity index (χ2v) is 5.08. The van der Waals surface area contributed by atoms with Crippen molar-refractivity contribution in [3.8, 4) is 0 Å². The Balaban J connectivity index is 2.08. The lowest BCUT2D eigenvalue weighted by Crippen LogP contribution is -1.95. The van der Waals surface area contributed by atoms with Crippen LogP contribution in [0, 0.1) is 0 Å². The van der Waals surface area contributed by atoms with Gasteiger partial charge in [0.1, 0.15) is 17.6 Å². The van der Waals surface area contributed by atoms with Crippen LogP contribution in [-0.2, 0) is 6.42 Å². The summed E-state index contributed by atoms with van der Waals surface area (Å²) in [5.74, 6) is 1.70. The SMILES string of the molecule is CCCCCCCCCC(O)c1ccc(CC)o1. The van der Waals surface area contributed by atoms with E-state index in [-0.39, 0.29) is 0 Å². The molecule has 1 aromatic rings. The van der Waals surface area contributed by atoms with Crippen LogP contribution < -0.4 is 0 Å². The monoisotopic (exact) mass is 252 g/mol. The van der Waals surface area contributed by atoms with Gasteiger partial charge >= 0.3 is 0 Å². The highest BCUT2D eigenvalue weighted by Crippen LogP contribution is 2.22. The summed E-state index contributed by atoms with van der Waals surface area (Å²) in [6, 6.07) is 3.87. The van der Waals surface area contributed by atoms with Crippen LogP contribution in [-0.4, -0.2) is 5.11 Å². The van der Waals surface area contributed by atoms with Crippen molar-refractivity contribution >= 4 is 0 Å². The molecule has 0 fully saturated rings. The van der Waals surface area contributed by atoms with E-state index in [9.17, 15) is 5.11 Å². The summed E-state index contributed by atoms with van der Waals surface area (Å²) in [5, 5.41) is 9.98. The maximum Gasteiger partial charge on any atom is 0.132 e. The minimum Gasteiger partial charge on any atom is -0.463 e. The summed E-state index contributed by atoms with van der Waals surface area (Å²) in [6.07, 6.45) is 10.3. The van der Waals surface area contributed by atoms with Gasteiger partial charge in [0.25, 0.3) is 0 Å². The van der Waals surface area contributed by atoms with Crippen LogP contribution in [0.25, 0.3) is 0 Å². The molecule has 0 aliphatic rings. The van der Waals surface area contributed by atoms with Crippen molar-refractivity contribution in [3.05, 3.63) is 23.7 Å². The average Bonchev–Trinajstić information content (AvgIpc) is 2.86. The predicted molar refractivity (Wildman–Crippen MR) is 75.7 cm³/mol. The first-order valence-corrected chi connectivity index (χ1v) is 7.54. The third kappa shape index (κ3) is 5.72. The van der Waals surface area contributed by atoms with Crippen LogP contribution in [0.5, 0.6) is 0 Å². The van der Waals surface area contributed by atoms with E-state index in [0.29, 0.717) is 0 Å². The molecule has 0 aliphatic heterocycles. The lowest BCUT2D eigenvalue weighted by molar-refractivity contribution is 0.135. The molecular weight excluding hydrogens is 224 g/mol. The van der Waals surface area contributed by atoms with Crippen LogP contribution in [0.1, 0.15) is 82.8 Å². The maximum absolute atomic E-state index is 9.98. The van der Waals surface area contributed by atoms with E-state index in [1.165, 1.54) is 38.5 Å². The Morgan fingerprint density at radius 3 is 2.28 bits per heavy atom. The van der Waals surface area contributed by atoms with Gasteiger partial charge in [0.15, 0.2) is 0 Å². The molecule has 18 heavy (non-hydrogen) atoms. The molecule has 104 valence electrons. The maximum atomic E-state index is 9.98. The number of aliphatic hydroxyl groups is 1. The van der Waals surface area contributed by atoms with Crippen molar-refractivity contribution in [3.63, 3.8) is 0 Å². The molecule has 1 aromatic heterocycles. The van der Waals surface area contributed by atoms with Gasteiger partial charge in [0.2, 0.25) is 0 Å². The van der Waals surface area contributed by atoms with Gasteiger partial charge < -0.3 is 9.52 Å². The van der Waals surface area contributed by atoms with E-state index < -0.39 is 6.10 Å². The molecule has 1 rings (SSSR count). The van der Waals surface area contributed by atoms with Crippen LogP contribution in [0.4, 0.5) is 0 Å². The fourth-order valence-corrected chi connectivity index (χ4v) is 2.20. The Kier molecular flexibility index (Phi) is 7.83. The Bertz CT molecular complexity index is 304. The number of hydrogen-bond donors (Lipinski definition) is 1. The quantitative estimate of drug-likeness (QED) is 0.593. The first-order valence-electron chi connectivity index (χ1n) is 7.54. The third-order valence-electron chi connectivity index (χ3n) is 3.44. The molecule has 0 bridgehead atoms. The molecule has 2 heteroatoms. The van der Waals surface area contributed by atoms with Crippen molar-refractivity contribution in [2.75, 3.05) is 0 Å². The van der Waals surface area contributed by atoms with E-state index >= 15 is 0 Å². The van der Waals surface area contributed by atoms with Crippen LogP contribution in [0.15, 0.2) is 16.5 Å². The summed E-state index contributed by atoms with van der Waals surface area (Å²) in [6.45, 7) is 4.30. The molecule has 1 N–H and O–H groups in total. The van der Waals surface area contributed by atoms with E-state index in [0.717, 1.165) is 30.8 Å². The first-order chi connectivity index (χ1) is 8.77. The largest absolute Gasteiger partial charge is 0.463 e. The van der Waals surface area contributed by atoms with Gasteiger partial charge in [-0.1, -0.05) is 58.8 Å². The molecule has 2 nitrogen and oxygen atoms in total. The van der Waals surface area contributed by atoms with Gasteiger partial charge in [-0.25, -0.2) is 0 Å². The number of aliphatic hydroxyl groups excluding tert-OH is 1. The fraction of sp³-hybridized carbons (Fsp3) is 0.750. The van der Waals surface area contributed by atoms with E-state index in [1.54, 1.807) is 0 Å². The van der Waals surface area contributed by atoms with Crippen LogP contribution in [0.3, 0.4) is 0 Å². The molecule has 0 amide bonds. The van der Waals surface area contributed by atoms with Gasteiger partial charge in [-0.2, -0.15) is 0 Å². The highest BCUT2D eigenvalue weighted by atomic mass is 16.4. The Morgan fingerprint density at radius 1 is 1.00 bits per heavy atom. The normalized spacial score (nSPS) is 12.8. The summed E-state index contributed by atoms with van der Waals surface area (Å²) in [5.41, 5.74) is 0. The highest BCUT2D eigenvalue weighted by molar-refractivity contribution is 5.09. The molecular formula is C16H28O2. The van der Waals surface area contributed by atoms with Gasteiger partial charge in [0.05, 0.1) is 0 Å². The molecule has 0 radical (unpaired) electrons. The number of hydrogen-bond acceptors (Lipinski definition) is 2. The van der Waals surface area contributed by atoms with Gasteiger partial charge in [-0.05, 0) is 18.6 Å². The zero-order chi connectivity index (χ0) is 13.2. The minimum atomic E-state index is -0.416. The standard InChI is InChI=1S/C16H28O2/c1-3-5-6-7-8-9-10-11-15(17)16-13-12-14(4-2)18-16/h12-13,15,17H,3-11H2,1-2H3. The Hall–Kier alpha value is -0.760. The first kappa shape index (κ1) is 15.3. The lowest BCUT2D eigenvalue weighted by Gasteiger charge is -2.07. The van der Waals surface area contributed by atoms with Crippen molar-refractivity contribution in [2.45, 2.75) is 77.7 Å². The Labute approximate surface area is 111 Å².